The molecule has 3 heteroatoms. The summed E-state index contributed by atoms with van der Waals surface area (Å²) in [4.78, 5) is 0. The quantitative estimate of drug-likeness (QED) is 0.838. The van der Waals surface area contributed by atoms with Crippen LogP contribution in [0.4, 0.5) is 0 Å². The molecular weight excluding hydrogens is 236 g/mol. The van der Waals surface area contributed by atoms with E-state index < -0.39 is 5.60 Å². The van der Waals surface area contributed by atoms with Crippen LogP contribution in [0.5, 0.6) is 0 Å². The molecule has 0 aliphatic heterocycles. The number of hydrogen-bond donors (Lipinski definition) is 1. The zero-order valence-corrected chi connectivity index (χ0v) is 10.1. The van der Waals surface area contributed by atoms with E-state index in [4.69, 9.17) is 16.0 Å². The molecule has 1 aliphatic rings. The lowest BCUT2D eigenvalue weighted by molar-refractivity contribution is 0.0589. The number of benzene rings is 1. The highest BCUT2D eigenvalue weighted by atomic mass is 35.5. The molecular formula is C14H13ClO2. The number of halogens is 1. The van der Waals surface area contributed by atoms with Gasteiger partial charge in [-0.2, -0.15) is 0 Å². The molecule has 1 heterocycles. The first-order valence-corrected chi connectivity index (χ1v) is 6.13. The van der Waals surface area contributed by atoms with Gasteiger partial charge in [-0.25, -0.2) is 0 Å². The maximum absolute atomic E-state index is 10.9. The van der Waals surface area contributed by atoms with Crippen LogP contribution in [-0.2, 0) is 12.0 Å². The van der Waals surface area contributed by atoms with Crippen molar-refractivity contribution in [1.29, 1.82) is 0 Å². The smallest absolute Gasteiger partial charge is 0.118 e. The third-order valence-electron chi connectivity index (χ3n) is 3.44. The highest BCUT2D eigenvalue weighted by Gasteiger charge is 2.37. The van der Waals surface area contributed by atoms with Gasteiger partial charge in [-0.15, -0.1) is 0 Å². The molecule has 2 aromatic rings. The van der Waals surface area contributed by atoms with Crippen molar-refractivity contribution in [2.24, 2.45) is 0 Å². The third kappa shape index (κ3) is 1.68. The predicted molar refractivity (Wildman–Crippen MR) is 66.1 cm³/mol. The van der Waals surface area contributed by atoms with Crippen LogP contribution >= 0.6 is 11.6 Å². The zero-order valence-electron chi connectivity index (χ0n) is 9.32. The Labute approximate surface area is 105 Å². The van der Waals surface area contributed by atoms with E-state index in [-0.39, 0.29) is 0 Å². The standard InChI is InChI=1S/C14H13ClO2/c15-11-4-1-3-10(9-11)14(16)7-2-5-13-12(14)6-8-17-13/h1,3-4,6,8-9,16H,2,5,7H2. The van der Waals surface area contributed by atoms with Crippen LogP contribution < -0.4 is 0 Å². The van der Waals surface area contributed by atoms with Crippen molar-refractivity contribution < 1.29 is 9.52 Å². The zero-order chi connectivity index (χ0) is 11.9. The molecule has 0 amide bonds. The minimum Gasteiger partial charge on any atom is -0.469 e. The lowest BCUT2D eigenvalue weighted by Crippen LogP contribution is -2.30. The summed E-state index contributed by atoms with van der Waals surface area (Å²) in [5.74, 6) is 0.888. The van der Waals surface area contributed by atoms with E-state index in [2.05, 4.69) is 0 Å². The fourth-order valence-electron chi connectivity index (χ4n) is 2.59. The fourth-order valence-corrected chi connectivity index (χ4v) is 2.78. The van der Waals surface area contributed by atoms with E-state index in [9.17, 15) is 5.11 Å². The van der Waals surface area contributed by atoms with Gasteiger partial charge in [0.1, 0.15) is 11.4 Å². The number of hydrogen-bond acceptors (Lipinski definition) is 2. The van der Waals surface area contributed by atoms with Crippen LogP contribution in [0.3, 0.4) is 0 Å². The first kappa shape index (κ1) is 10.9. The Morgan fingerprint density at radius 1 is 1.29 bits per heavy atom. The summed E-state index contributed by atoms with van der Waals surface area (Å²) in [7, 11) is 0. The summed E-state index contributed by atoms with van der Waals surface area (Å²) in [5.41, 5.74) is 0.768. The molecule has 2 nitrogen and oxygen atoms in total. The molecule has 0 fully saturated rings. The minimum atomic E-state index is -0.953. The van der Waals surface area contributed by atoms with E-state index in [1.807, 2.05) is 30.3 Å². The van der Waals surface area contributed by atoms with Crippen molar-refractivity contribution >= 4 is 11.6 Å². The monoisotopic (exact) mass is 248 g/mol. The molecule has 0 bridgehead atoms. The van der Waals surface area contributed by atoms with Gasteiger partial charge in [0, 0.05) is 17.0 Å². The summed E-state index contributed by atoms with van der Waals surface area (Å²) in [6.45, 7) is 0. The van der Waals surface area contributed by atoms with Crippen LogP contribution in [0.1, 0.15) is 29.7 Å². The Hall–Kier alpha value is -1.25. The normalized spacial score (nSPS) is 23.4. The fraction of sp³-hybridized carbons (Fsp3) is 0.286. The molecule has 1 N–H and O–H groups in total. The van der Waals surface area contributed by atoms with Gasteiger partial charge in [-0.3, -0.25) is 0 Å². The molecule has 1 aliphatic carbocycles. The molecule has 1 unspecified atom stereocenters. The van der Waals surface area contributed by atoms with E-state index in [0.29, 0.717) is 11.4 Å². The molecule has 3 rings (SSSR count). The molecule has 0 spiro atoms. The van der Waals surface area contributed by atoms with Gasteiger partial charge in [0.2, 0.25) is 0 Å². The second kappa shape index (κ2) is 3.90. The van der Waals surface area contributed by atoms with Crippen LogP contribution in [0.25, 0.3) is 0 Å². The predicted octanol–water partition coefficient (Wildman–Crippen LogP) is 3.51. The topological polar surface area (TPSA) is 33.4 Å². The SMILES string of the molecule is OC1(c2cccc(Cl)c2)CCCc2occc21. The third-order valence-corrected chi connectivity index (χ3v) is 3.67. The molecule has 0 saturated heterocycles. The molecule has 0 saturated carbocycles. The van der Waals surface area contributed by atoms with Crippen LogP contribution in [0, 0.1) is 0 Å². The summed E-state index contributed by atoms with van der Waals surface area (Å²) < 4.78 is 5.41. The van der Waals surface area contributed by atoms with Crippen molar-refractivity contribution in [2.45, 2.75) is 24.9 Å². The minimum absolute atomic E-state index is 0.645. The Morgan fingerprint density at radius 3 is 3.00 bits per heavy atom. The maximum Gasteiger partial charge on any atom is 0.118 e. The molecule has 1 aromatic heterocycles. The molecule has 88 valence electrons. The number of fused-ring (bicyclic) bond motifs is 1. The van der Waals surface area contributed by atoms with Gasteiger partial charge >= 0.3 is 0 Å². The second-order valence-electron chi connectivity index (χ2n) is 4.48. The maximum atomic E-state index is 10.9. The average molecular weight is 249 g/mol. The Balaban J connectivity index is 2.15. The second-order valence-corrected chi connectivity index (χ2v) is 4.92. The van der Waals surface area contributed by atoms with Crippen molar-refractivity contribution in [1.82, 2.24) is 0 Å². The van der Waals surface area contributed by atoms with E-state index in [0.717, 1.165) is 29.7 Å². The Kier molecular flexibility index (Phi) is 2.49. The molecule has 1 atom stereocenters. The van der Waals surface area contributed by atoms with Gasteiger partial charge in [-0.1, -0.05) is 23.7 Å². The van der Waals surface area contributed by atoms with Crippen LogP contribution in [0.15, 0.2) is 41.0 Å². The lowest BCUT2D eigenvalue weighted by Gasteiger charge is -2.32. The summed E-state index contributed by atoms with van der Waals surface area (Å²) in [5, 5.41) is 11.5. The van der Waals surface area contributed by atoms with Crippen molar-refractivity contribution in [3.8, 4) is 0 Å². The molecule has 17 heavy (non-hydrogen) atoms. The summed E-state index contributed by atoms with van der Waals surface area (Å²) >= 11 is 5.99. The number of aliphatic hydroxyl groups is 1. The van der Waals surface area contributed by atoms with Crippen LogP contribution in [-0.4, -0.2) is 5.11 Å². The van der Waals surface area contributed by atoms with E-state index in [1.54, 1.807) is 6.26 Å². The highest BCUT2D eigenvalue weighted by molar-refractivity contribution is 6.30. The summed E-state index contributed by atoms with van der Waals surface area (Å²) in [6, 6.07) is 9.27. The van der Waals surface area contributed by atoms with Gasteiger partial charge in [0.25, 0.3) is 0 Å². The van der Waals surface area contributed by atoms with Crippen molar-refractivity contribution in [2.75, 3.05) is 0 Å². The largest absolute Gasteiger partial charge is 0.469 e. The Morgan fingerprint density at radius 2 is 2.18 bits per heavy atom. The Bertz CT molecular complexity index is 547. The van der Waals surface area contributed by atoms with Gasteiger partial charge < -0.3 is 9.52 Å². The van der Waals surface area contributed by atoms with Gasteiger partial charge in [0.05, 0.1) is 6.26 Å². The van der Waals surface area contributed by atoms with Gasteiger partial charge in [-0.05, 0) is 36.6 Å². The number of rotatable bonds is 1. The number of aryl methyl sites for hydroxylation is 1. The van der Waals surface area contributed by atoms with E-state index in [1.165, 1.54) is 0 Å². The van der Waals surface area contributed by atoms with E-state index >= 15 is 0 Å². The van der Waals surface area contributed by atoms with Crippen molar-refractivity contribution in [3.63, 3.8) is 0 Å². The highest BCUT2D eigenvalue weighted by Crippen LogP contribution is 2.41. The first-order chi connectivity index (χ1) is 8.20. The lowest BCUT2D eigenvalue weighted by atomic mass is 9.78. The van der Waals surface area contributed by atoms with Crippen LogP contribution in [0.2, 0.25) is 5.02 Å². The molecule has 0 radical (unpaired) electrons. The summed E-state index contributed by atoms with van der Waals surface area (Å²) in [6.07, 6.45) is 4.17. The number of furan rings is 1. The van der Waals surface area contributed by atoms with Crippen molar-refractivity contribution in [3.05, 3.63) is 58.5 Å². The average Bonchev–Trinajstić information content (AvgIpc) is 2.79. The first-order valence-electron chi connectivity index (χ1n) is 5.75. The van der Waals surface area contributed by atoms with Gasteiger partial charge in [0.15, 0.2) is 0 Å². The molecule has 1 aromatic carbocycles.